The van der Waals surface area contributed by atoms with E-state index in [0.717, 1.165) is 0 Å². The number of nitrogen functional groups attached to an aromatic ring is 1. The fourth-order valence-electron chi connectivity index (χ4n) is 1.33. The van der Waals surface area contributed by atoms with Crippen molar-refractivity contribution in [3.05, 3.63) is 23.2 Å². The Balaban J connectivity index is 2.07. The molecule has 0 aliphatic carbocycles. The second-order valence-electron chi connectivity index (χ2n) is 3.56. The molecule has 2 aromatic heterocycles. The second-order valence-corrected chi connectivity index (χ2v) is 4.60. The van der Waals surface area contributed by atoms with Gasteiger partial charge in [-0.05, 0) is 6.92 Å². The normalized spacial score (nSPS) is 12.4. The van der Waals surface area contributed by atoms with E-state index in [1.807, 2.05) is 6.92 Å². The summed E-state index contributed by atoms with van der Waals surface area (Å²) in [6, 6.07) is -0.229. The monoisotopic (exact) mass is 252 g/mol. The Hall–Kier alpha value is -1.96. The van der Waals surface area contributed by atoms with Gasteiger partial charge in [0.2, 0.25) is 5.13 Å². The quantitative estimate of drug-likeness (QED) is 0.821. The van der Waals surface area contributed by atoms with Gasteiger partial charge in [-0.1, -0.05) is 11.3 Å². The van der Waals surface area contributed by atoms with Crippen LogP contribution in [0, 0.1) is 0 Å². The topological polar surface area (TPSA) is 98.7 Å². The number of hydrogen-bond acceptors (Lipinski definition) is 6. The molecule has 2 aromatic rings. The molecule has 0 saturated carbocycles. The number of carbonyl (C=O) groups is 1. The molecule has 0 aliphatic rings. The molecule has 2 rings (SSSR count). The van der Waals surface area contributed by atoms with Gasteiger partial charge < -0.3 is 15.6 Å². The van der Waals surface area contributed by atoms with Crippen molar-refractivity contribution in [2.45, 2.75) is 13.0 Å². The van der Waals surface area contributed by atoms with Gasteiger partial charge >= 0.3 is 0 Å². The lowest BCUT2D eigenvalue weighted by Gasteiger charge is -2.10. The largest absolute Gasteiger partial charge is 0.374 e. The maximum atomic E-state index is 11.9. The third-order valence-electron chi connectivity index (χ3n) is 2.22. The summed E-state index contributed by atoms with van der Waals surface area (Å²) in [5.74, 6) is -0.203. The van der Waals surface area contributed by atoms with Gasteiger partial charge in [-0.3, -0.25) is 4.79 Å². The van der Waals surface area contributed by atoms with Crippen LogP contribution in [0.15, 0.2) is 12.5 Å². The van der Waals surface area contributed by atoms with Crippen molar-refractivity contribution < 1.29 is 4.79 Å². The Labute approximate surface area is 102 Å². The molecule has 0 aliphatic heterocycles. The molecule has 1 amide bonds. The van der Waals surface area contributed by atoms with Gasteiger partial charge in [0.25, 0.3) is 5.91 Å². The van der Waals surface area contributed by atoms with Crippen LogP contribution in [-0.2, 0) is 7.05 Å². The number of nitrogens with one attached hydrogen (secondary N) is 1. The molecule has 0 spiro atoms. The second kappa shape index (κ2) is 4.50. The average Bonchev–Trinajstić information content (AvgIpc) is 2.86. The van der Waals surface area contributed by atoms with Crippen molar-refractivity contribution in [1.29, 1.82) is 0 Å². The number of hydrogen-bond donors (Lipinski definition) is 2. The zero-order chi connectivity index (χ0) is 12.4. The Bertz CT molecular complexity index is 533. The first-order valence-corrected chi connectivity index (χ1v) is 5.75. The summed E-state index contributed by atoms with van der Waals surface area (Å²) in [5, 5.41) is 11.5. The molecule has 0 radical (unpaired) electrons. The minimum atomic E-state index is -0.229. The van der Waals surface area contributed by atoms with Gasteiger partial charge in [0.05, 0.1) is 18.6 Å². The first-order chi connectivity index (χ1) is 8.08. The number of nitrogens with two attached hydrogens (primary N) is 1. The number of carbonyl (C=O) groups excluding carboxylic acids is 1. The molecule has 3 N–H and O–H groups in total. The zero-order valence-corrected chi connectivity index (χ0v) is 10.2. The number of rotatable bonds is 3. The van der Waals surface area contributed by atoms with Gasteiger partial charge in [-0.2, -0.15) is 0 Å². The van der Waals surface area contributed by atoms with E-state index in [0.29, 0.717) is 15.8 Å². The maximum Gasteiger partial charge on any atom is 0.270 e. The lowest BCUT2D eigenvalue weighted by atomic mass is 10.3. The summed E-state index contributed by atoms with van der Waals surface area (Å²) in [7, 11) is 1.76. The molecular weight excluding hydrogens is 240 g/mol. The number of aryl methyl sites for hydroxylation is 1. The number of imidazole rings is 1. The van der Waals surface area contributed by atoms with Crippen molar-refractivity contribution in [1.82, 2.24) is 25.1 Å². The summed E-state index contributed by atoms with van der Waals surface area (Å²) >= 11 is 1.26. The van der Waals surface area contributed by atoms with E-state index < -0.39 is 0 Å². The van der Waals surface area contributed by atoms with E-state index in [9.17, 15) is 4.79 Å². The fraction of sp³-hybridized carbons (Fsp3) is 0.333. The maximum absolute atomic E-state index is 11.9. The highest BCUT2D eigenvalue weighted by Gasteiger charge is 2.16. The molecule has 17 heavy (non-hydrogen) atoms. The Morgan fingerprint density at radius 3 is 2.88 bits per heavy atom. The zero-order valence-electron chi connectivity index (χ0n) is 9.41. The molecule has 0 fully saturated rings. The molecule has 8 heteroatoms. The Morgan fingerprint density at radius 1 is 1.59 bits per heavy atom. The summed E-state index contributed by atoms with van der Waals surface area (Å²) < 4.78 is 1.65. The Morgan fingerprint density at radius 2 is 2.35 bits per heavy atom. The highest BCUT2D eigenvalue weighted by molar-refractivity contribution is 7.15. The Kier molecular flexibility index (Phi) is 3.05. The van der Waals surface area contributed by atoms with Gasteiger partial charge in [0.1, 0.15) is 10.7 Å². The predicted octanol–water partition coefficient (Wildman–Crippen LogP) is 0.345. The number of anilines is 1. The van der Waals surface area contributed by atoms with Crippen LogP contribution < -0.4 is 11.1 Å². The molecule has 0 saturated heterocycles. The molecule has 0 unspecified atom stereocenters. The molecule has 0 bridgehead atoms. The lowest BCUT2D eigenvalue weighted by molar-refractivity contribution is 0.0931. The van der Waals surface area contributed by atoms with Crippen molar-refractivity contribution in [3.8, 4) is 0 Å². The molecule has 90 valence electrons. The minimum Gasteiger partial charge on any atom is -0.374 e. The van der Waals surface area contributed by atoms with E-state index in [1.54, 1.807) is 17.9 Å². The fourth-order valence-corrected chi connectivity index (χ4v) is 1.94. The molecular formula is C9H12N6OS. The van der Waals surface area contributed by atoms with Gasteiger partial charge in [0, 0.05) is 7.05 Å². The van der Waals surface area contributed by atoms with Crippen molar-refractivity contribution >= 4 is 22.4 Å². The van der Waals surface area contributed by atoms with Crippen LogP contribution in [0.5, 0.6) is 0 Å². The molecule has 0 aromatic carbocycles. The lowest BCUT2D eigenvalue weighted by Crippen LogP contribution is -2.28. The summed E-state index contributed by atoms with van der Waals surface area (Å²) in [6.07, 6.45) is 3.08. The van der Waals surface area contributed by atoms with Crippen LogP contribution in [0.2, 0.25) is 0 Å². The van der Waals surface area contributed by atoms with Gasteiger partial charge in [0.15, 0.2) is 0 Å². The van der Waals surface area contributed by atoms with E-state index in [4.69, 9.17) is 5.73 Å². The first kappa shape index (κ1) is 11.5. The number of nitrogens with zero attached hydrogens (tertiary/aromatic N) is 4. The molecule has 2 heterocycles. The van der Waals surface area contributed by atoms with Gasteiger partial charge in [-0.15, -0.1) is 10.2 Å². The summed E-state index contributed by atoms with van der Waals surface area (Å²) in [4.78, 5) is 15.8. The predicted molar refractivity (Wildman–Crippen MR) is 63.4 cm³/mol. The van der Waals surface area contributed by atoms with Crippen LogP contribution in [0.4, 0.5) is 5.13 Å². The highest BCUT2D eigenvalue weighted by Crippen LogP contribution is 2.19. The number of aromatic nitrogens is 4. The van der Waals surface area contributed by atoms with E-state index in [-0.39, 0.29) is 11.9 Å². The summed E-state index contributed by atoms with van der Waals surface area (Å²) in [6.45, 7) is 1.83. The third-order valence-corrected chi connectivity index (χ3v) is 3.16. The van der Waals surface area contributed by atoms with E-state index in [2.05, 4.69) is 20.5 Å². The van der Waals surface area contributed by atoms with E-state index in [1.165, 1.54) is 17.5 Å². The third kappa shape index (κ3) is 2.41. The highest BCUT2D eigenvalue weighted by atomic mass is 32.1. The van der Waals surface area contributed by atoms with Crippen molar-refractivity contribution in [2.75, 3.05) is 5.73 Å². The van der Waals surface area contributed by atoms with Crippen molar-refractivity contribution in [2.24, 2.45) is 7.05 Å². The number of amides is 1. The first-order valence-electron chi connectivity index (χ1n) is 4.94. The average molecular weight is 252 g/mol. The smallest absolute Gasteiger partial charge is 0.270 e. The van der Waals surface area contributed by atoms with Crippen molar-refractivity contribution in [3.63, 3.8) is 0 Å². The van der Waals surface area contributed by atoms with Crippen LogP contribution in [0.3, 0.4) is 0 Å². The minimum absolute atomic E-state index is 0.203. The molecule has 7 nitrogen and oxygen atoms in total. The van der Waals surface area contributed by atoms with Crippen LogP contribution in [0.25, 0.3) is 0 Å². The van der Waals surface area contributed by atoms with E-state index >= 15 is 0 Å². The van der Waals surface area contributed by atoms with Gasteiger partial charge in [-0.25, -0.2) is 4.98 Å². The molecule has 1 atom stereocenters. The standard InChI is InChI=1S/C9H12N6OS/c1-5(8-13-14-9(10)17-8)12-7(16)6-3-11-4-15(6)2/h3-5H,1-2H3,(H2,10,14)(H,12,16)/t5-/m1/s1. The SMILES string of the molecule is C[C@@H](NC(=O)c1cncn1C)c1nnc(N)s1. The van der Waals surface area contributed by atoms with Crippen LogP contribution >= 0.6 is 11.3 Å². The van der Waals surface area contributed by atoms with Crippen LogP contribution in [0.1, 0.15) is 28.5 Å². The summed E-state index contributed by atoms with van der Waals surface area (Å²) in [5.41, 5.74) is 5.98. The van der Waals surface area contributed by atoms with Crippen LogP contribution in [-0.4, -0.2) is 25.7 Å².